The molecule has 3 heterocycles. The molecule has 0 unspecified atom stereocenters. The van der Waals surface area contributed by atoms with Crippen LogP contribution >= 0.6 is 15.9 Å². The molecule has 3 rings (SSSR count). The van der Waals surface area contributed by atoms with Gasteiger partial charge in [0.15, 0.2) is 0 Å². The maximum atomic E-state index is 12.2. The van der Waals surface area contributed by atoms with Gasteiger partial charge in [0.05, 0.1) is 0 Å². The quantitative estimate of drug-likeness (QED) is 0.730. The number of anilines is 2. The Morgan fingerprint density at radius 2 is 1.97 bits per heavy atom. The smallest absolute Gasteiger partial charge is 0.410 e. The maximum absolute atomic E-state index is 12.2. The molecule has 0 saturated carbocycles. The summed E-state index contributed by atoms with van der Waals surface area (Å²) in [5.41, 5.74) is 1.01. The van der Waals surface area contributed by atoms with Crippen LogP contribution in [-0.4, -0.2) is 39.2 Å². The predicted molar refractivity (Wildman–Crippen MR) is 117 cm³/mol. The molecule has 1 saturated heterocycles. The number of carbonyl (C=O) groups is 1. The Bertz CT molecular complexity index is 926. The summed E-state index contributed by atoms with van der Waals surface area (Å²) in [6.07, 6.45) is 5.07. The third-order valence-corrected chi connectivity index (χ3v) is 5.25. The number of piperidine rings is 1. The van der Waals surface area contributed by atoms with Crippen LogP contribution in [0.4, 0.5) is 16.3 Å². The van der Waals surface area contributed by atoms with Crippen LogP contribution < -0.4 is 10.9 Å². The monoisotopic (exact) mass is 462 g/mol. The van der Waals surface area contributed by atoms with Gasteiger partial charge in [0.1, 0.15) is 17.1 Å². The number of hydrogen-bond donors (Lipinski definition) is 1. The van der Waals surface area contributed by atoms with Gasteiger partial charge in [0.25, 0.3) is 5.56 Å². The highest BCUT2D eigenvalue weighted by Gasteiger charge is 2.27. The van der Waals surface area contributed by atoms with Crippen molar-refractivity contribution in [1.29, 1.82) is 0 Å². The number of aryl methyl sites for hydroxylation is 1. The van der Waals surface area contributed by atoms with E-state index in [4.69, 9.17) is 4.74 Å². The van der Waals surface area contributed by atoms with Gasteiger partial charge < -0.3 is 19.5 Å². The SMILES string of the molecule is Cn1cc(Br)cc(Nc2ccc(C3CCN(C(=O)OC(C)(C)C)CC3)cn2)c1=O. The van der Waals surface area contributed by atoms with Crippen LogP contribution in [0, 0.1) is 0 Å². The standard InChI is InChI=1S/C21H27BrN4O3/c1-21(2,3)29-20(28)26-9-7-14(8-10-26)15-5-6-18(23-12-15)24-17-11-16(22)13-25(4)19(17)27/h5-6,11-14H,7-10H2,1-4H3,(H,23,24). The Hall–Kier alpha value is -2.35. The van der Waals surface area contributed by atoms with E-state index < -0.39 is 5.60 Å². The lowest BCUT2D eigenvalue weighted by molar-refractivity contribution is 0.0205. The van der Waals surface area contributed by atoms with E-state index in [1.54, 1.807) is 24.2 Å². The predicted octanol–water partition coefficient (Wildman–Crippen LogP) is 4.40. The molecule has 1 aliphatic heterocycles. The normalized spacial score (nSPS) is 15.3. The highest BCUT2D eigenvalue weighted by atomic mass is 79.9. The number of halogens is 1. The highest BCUT2D eigenvalue weighted by molar-refractivity contribution is 9.10. The van der Waals surface area contributed by atoms with Crippen LogP contribution in [0.15, 0.2) is 39.9 Å². The molecule has 0 spiro atoms. The van der Waals surface area contributed by atoms with Gasteiger partial charge in [0.2, 0.25) is 0 Å². The summed E-state index contributed by atoms with van der Waals surface area (Å²) in [6.45, 7) is 6.98. The second-order valence-electron chi connectivity index (χ2n) is 8.33. The van der Waals surface area contributed by atoms with Crippen molar-refractivity contribution in [2.24, 2.45) is 7.05 Å². The van der Waals surface area contributed by atoms with Crippen LogP contribution in [0.25, 0.3) is 0 Å². The van der Waals surface area contributed by atoms with Gasteiger partial charge in [-0.3, -0.25) is 4.79 Å². The molecule has 8 heteroatoms. The van der Waals surface area contributed by atoms with Gasteiger partial charge in [-0.15, -0.1) is 0 Å². The summed E-state index contributed by atoms with van der Waals surface area (Å²) in [4.78, 5) is 30.7. The first-order valence-electron chi connectivity index (χ1n) is 9.69. The number of aromatic nitrogens is 2. The molecule has 2 aromatic heterocycles. The lowest BCUT2D eigenvalue weighted by Gasteiger charge is -2.33. The minimum atomic E-state index is -0.476. The van der Waals surface area contributed by atoms with E-state index in [9.17, 15) is 9.59 Å². The third kappa shape index (κ3) is 5.59. The molecule has 1 fully saturated rings. The molecule has 0 radical (unpaired) electrons. The zero-order valence-electron chi connectivity index (χ0n) is 17.2. The van der Waals surface area contributed by atoms with Crippen molar-refractivity contribution in [1.82, 2.24) is 14.5 Å². The fourth-order valence-electron chi connectivity index (χ4n) is 3.34. The molecular formula is C21H27BrN4O3. The van der Waals surface area contributed by atoms with Gasteiger partial charge in [-0.25, -0.2) is 9.78 Å². The Morgan fingerprint density at radius 3 is 2.55 bits per heavy atom. The number of pyridine rings is 2. The average Bonchev–Trinajstić information content (AvgIpc) is 2.65. The third-order valence-electron chi connectivity index (χ3n) is 4.82. The van der Waals surface area contributed by atoms with Crippen molar-refractivity contribution in [3.8, 4) is 0 Å². The number of amides is 1. The Labute approximate surface area is 179 Å². The van der Waals surface area contributed by atoms with Gasteiger partial charge in [-0.05, 0) is 73.2 Å². The summed E-state index contributed by atoms with van der Waals surface area (Å²) in [7, 11) is 1.71. The molecule has 0 bridgehead atoms. The number of nitrogens with zero attached hydrogens (tertiary/aromatic N) is 3. The summed E-state index contributed by atoms with van der Waals surface area (Å²) < 4.78 is 7.78. The first-order chi connectivity index (χ1) is 13.6. The van der Waals surface area contributed by atoms with Crippen LogP contribution in [0.1, 0.15) is 45.1 Å². The van der Waals surface area contributed by atoms with E-state index in [1.165, 1.54) is 4.57 Å². The maximum Gasteiger partial charge on any atom is 0.410 e. The lowest BCUT2D eigenvalue weighted by atomic mass is 9.90. The molecule has 1 aliphatic rings. The van der Waals surface area contributed by atoms with E-state index in [2.05, 4.69) is 26.2 Å². The summed E-state index contributed by atoms with van der Waals surface area (Å²) >= 11 is 3.40. The zero-order valence-corrected chi connectivity index (χ0v) is 18.8. The largest absolute Gasteiger partial charge is 0.444 e. The van der Waals surface area contributed by atoms with E-state index in [1.807, 2.05) is 39.1 Å². The summed E-state index contributed by atoms with van der Waals surface area (Å²) in [5, 5.41) is 3.08. The summed E-state index contributed by atoms with van der Waals surface area (Å²) in [6, 6.07) is 5.66. The Balaban J connectivity index is 1.60. The van der Waals surface area contributed by atoms with Crippen LogP contribution in [0.5, 0.6) is 0 Å². The van der Waals surface area contributed by atoms with Crippen LogP contribution in [0.2, 0.25) is 0 Å². The molecule has 29 heavy (non-hydrogen) atoms. The van der Waals surface area contributed by atoms with E-state index in [0.29, 0.717) is 30.5 Å². The van der Waals surface area contributed by atoms with Crippen molar-refractivity contribution in [2.75, 3.05) is 18.4 Å². The number of hydrogen-bond acceptors (Lipinski definition) is 5. The first-order valence-corrected chi connectivity index (χ1v) is 10.5. The number of carbonyl (C=O) groups excluding carboxylic acids is 1. The zero-order chi connectivity index (χ0) is 21.2. The Morgan fingerprint density at radius 1 is 1.28 bits per heavy atom. The molecule has 0 atom stereocenters. The molecular weight excluding hydrogens is 436 g/mol. The Kier molecular flexibility index (Phi) is 6.31. The van der Waals surface area contributed by atoms with Crippen molar-refractivity contribution in [2.45, 2.75) is 45.1 Å². The van der Waals surface area contributed by atoms with Gasteiger partial charge >= 0.3 is 6.09 Å². The van der Waals surface area contributed by atoms with Crippen molar-refractivity contribution in [3.63, 3.8) is 0 Å². The van der Waals surface area contributed by atoms with Crippen molar-refractivity contribution < 1.29 is 9.53 Å². The average molecular weight is 463 g/mol. The number of rotatable bonds is 3. The van der Waals surface area contributed by atoms with Gasteiger partial charge in [-0.1, -0.05) is 6.07 Å². The van der Waals surface area contributed by atoms with Crippen molar-refractivity contribution in [3.05, 3.63) is 51.0 Å². The second kappa shape index (κ2) is 8.57. The molecule has 2 aromatic rings. The van der Waals surface area contributed by atoms with E-state index in [-0.39, 0.29) is 11.7 Å². The van der Waals surface area contributed by atoms with Gasteiger partial charge in [-0.2, -0.15) is 0 Å². The van der Waals surface area contributed by atoms with E-state index in [0.717, 1.165) is 22.9 Å². The van der Waals surface area contributed by atoms with Crippen LogP contribution in [-0.2, 0) is 11.8 Å². The minimum Gasteiger partial charge on any atom is -0.444 e. The minimum absolute atomic E-state index is 0.117. The molecule has 1 amide bonds. The topological polar surface area (TPSA) is 76.5 Å². The molecule has 0 aromatic carbocycles. The first kappa shape index (κ1) is 21.4. The fraction of sp³-hybridized carbons (Fsp3) is 0.476. The molecule has 156 valence electrons. The fourth-order valence-corrected chi connectivity index (χ4v) is 3.88. The number of ether oxygens (including phenoxy) is 1. The highest BCUT2D eigenvalue weighted by Crippen LogP contribution is 2.29. The summed E-state index contributed by atoms with van der Waals surface area (Å²) in [5.74, 6) is 0.976. The van der Waals surface area contributed by atoms with Crippen molar-refractivity contribution >= 4 is 33.5 Å². The number of nitrogens with one attached hydrogen (secondary N) is 1. The molecule has 0 aliphatic carbocycles. The second-order valence-corrected chi connectivity index (χ2v) is 9.25. The van der Waals surface area contributed by atoms with Gasteiger partial charge in [0, 0.05) is 37.0 Å². The molecule has 1 N–H and O–H groups in total. The lowest BCUT2D eigenvalue weighted by Crippen LogP contribution is -2.41. The van der Waals surface area contributed by atoms with Crippen LogP contribution in [0.3, 0.4) is 0 Å². The molecule has 7 nitrogen and oxygen atoms in total. The number of likely N-dealkylation sites (tertiary alicyclic amines) is 1. The van der Waals surface area contributed by atoms with E-state index >= 15 is 0 Å².